The van der Waals surface area contributed by atoms with Crippen molar-refractivity contribution in [3.8, 4) is 0 Å². The van der Waals surface area contributed by atoms with Gasteiger partial charge in [0.1, 0.15) is 0 Å². The molecule has 1 saturated heterocycles. The fourth-order valence-corrected chi connectivity index (χ4v) is 2.20. The molecule has 0 atom stereocenters. The van der Waals surface area contributed by atoms with Crippen LogP contribution in [-0.2, 0) is 0 Å². The SMILES string of the molecule is CNc1cncc(N(C)CCN2CCCC2)c1. The van der Waals surface area contributed by atoms with Crippen LogP contribution in [0.1, 0.15) is 12.8 Å². The maximum absolute atomic E-state index is 4.24. The summed E-state index contributed by atoms with van der Waals surface area (Å²) in [5, 5.41) is 3.12. The van der Waals surface area contributed by atoms with Gasteiger partial charge in [0.2, 0.25) is 0 Å². The second-order valence-corrected chi connectivity index (χ2v) is 4.65. The molecule has 2 rings (SSSR count). The first-order valence-corrected chi connectivity index (χ1v) is 6.36. The van der Waals surface area contributed by atoms with E-state index in [2.05, 4.69) is 33.2 Å². The topological polar surface area (TPSA) is 31.4 Å². The lowest BCUT2D eigenvalue weighted by Crippen LogP contribution is -2.31. The van der Waals surface area contributed by atoms with Crippen LogP contribution in [-0.4, -0.2) is 50.2 Å². The minimum absolute atomic E-state index is 1.06. The Morgan fingerprint density at radius 3 is 2.82 bits per heavy atom. The van der Waals surface area contributed by atoms with Crippen molar-refractivity contribution in [3.05, 3.63) is 18.5 Å². The molecule has 4 heteroatoms. The second kappa shape index (κ2) is 5.87. The molecule has 17 heavy (non-hydrogen) atoms. The van der Waals surface area contributed by atoms with Gasteiger partial charge in [-0.3, -0.25) is 4.98 Å². The van der Waals surface area contributed by atoms with E-state index in [4.69, 9.17) is 0 Å². The quantitative estimate of drug-likeness (QED) is 0.839. The lowest BCUT2D eigenvalue weighted by Gasteiger charge is -2.23. The Morgan fingerprint density at radius 2 is 2.12 bits per heavy atom. The van der Waals surface area contributed by atoms with Crippen molar-refractivity contribution in [2.75, 3.05) is 50.5 Å². The number of rotatable bonds is 5. The summed E-state index contributed by atoms with van der Waals surface area (Å²) in [6.45, 7) is 4.75. The fourth-order valence-electron chi connectivity index (χ4n) is 2.20. The molecule has 1 aromatic rings. The van der Waals surface area contributed by atoms with E-state index in [-0.39, 0.29) is 0 Å². The van der Waals surface area contributed by atoms with E-state index in [9.17, 15) is 0 Å². The monoisotopic (exact) mass is 234 g/mol. The summed E-state index contributed by atoms with van der Waals surface area (Å²) in [5.74, 6) is 0. The van der Waals surface area contributed by atoms with Gasteiger partial charge in [-0.05, 0) is 32.0 Å². The maximum Gasteiger partial charge on any atom is 0.0571 e. The molecule has 4 nitrogen and oxygen atoms in total. The predicted molar refractivity (Wildman–Crippen MR) is 72.7 cm³/mol. The molecule has 1 N–H and O–H groups in total. The van der Waals surface area contributed by atoms with Crippen molar-refractivity contribution in [1.82, 2.24) is 9.88 Å². The van der Waals surface area contributed by atoms with Gasteiger partial charge in [-0.25, -0.2) is 0 Å². The molecule has 1 fully saturated rings. The summed E-state index contributed by atoms with van der Waals surface area (Å²) >= 11 is 0. The summed E-state index contributed by atoms with van der Waals surface area (Å²) in [6.07, 6.45) is 6.49. The number of likely N-dealkylation sites (tertiary alicyclic amines) is 1. The highest BCUT2D eigenvalue weighted by Crippen LogP contribution is 2.16. The molecule has 0 radical (unpaired) electrons. The third kappa shape index (κ3) is 3.33. The van der Waals surface area contributed by atoms with Gasteiger partial charge in [0.25, 0.3) is 0 Å². The molecule has 1 aliphatic rings. The highest BCUT2D eigenvalue weighted by Gasteiger charge is 2.12. The zero-order chi connectivity index (χ0) is 12.1. The minimum Gasteiger partial charge on any atom is -0.387 e. The first kappa shape index (κ1) is 12.2. The summed E-state index contributed by atoms with van der Waals surface area (Å²) in [6, 6.07) is 2.14. The molecular formula is C13H22N4. The molecular weight excluding hydrogens is 212 g/mol. The van der Waals surface area contributed by atoms with Crippen LogP contribution in [0.15, 0.2) is 18.5 Å². The average Bonchev–Trinajstić information content (AvgIpc) is 2.89. The summed E-state index contributed by atoms with van der Waals surface area (Å²) in [4.78, 5) is 9.04. The van der Waals surface area contributed by atoms with E-state index in [1.165, 1.54) is 31.6 Å². The van der Waals surface area contributed by atoms with Crippen molar-refractivity contribution in [1.29, 1.82) is 0 Å². The molecule has 1 aliphatic heterocycles. The van der Waals surface area contributed by atoms with Gasteiger partial charge < -0.3 is 15.1 Å². The van der Waals surface area contributed by atoms with E-state index in [0.29, 0.717) is 0 Å². The number of nitrogens with one attached hydrogen (secondary N) is 1. The zero-order valence-electron chi connectivity index (χ0n) is 10.8. The summed E-state index contributed by atoms with van der Waals surface area (Å²) in [5.41, 5.74) is 2.24. The van der Waals surface area contributed by atoms with Gasteiger partial charge in [-0.2, -0.15) is 0 Å². The van der Waals surface area contributed by atoms with E-state index in [1.54, 1.807) is 0 Å². The average molecular weight is 234 g/mol. The van der Waals surface area contributed by atoms with E-state index >= 15 is 0 Å². The van der Waals surface area contributed by atoms with Crippen molar-refractivity contribution in [2.24, 2.45) is 0 Å². The predicted octanol–water partition coefficient (Wildman–Crippen LogP) is 1.66. The van der Waals surface area contributed by atoms with Crippen LogP contribution >= 0.6 is 0 Å². The van der Waals surface area contributed by atoms with Crippen LogP contribution < -0.4 is 10.2 Å². The number of hydrogen-bond acceptors (Lipinski definition) is 4. The van der Waals surface area contributed by atoms with Crippen LogP contribution in [0.3, 0.4) is 0 Å². The van der Waals surface area contributed by atoms with E-state index in [1.807, 2.05) is 19.4 Å². The zero-order valence-corrected chi connectivity index (χ0v) is 10.8. The van der Waals surface area contributed by atoms with Crippen LogP contribution in [0.5, 0.6) is 0 Å². The van der Waals surface area contributed by atoms with Crippen molar-refractivity contribution in [2.45, 2.75) is 12.8 Å². The minimum atomic E-state index is 1.06. The number of likely N-dealkylation sites (N-methyl/N-ethyl adjacent to an activating group) is 1. The first-order valence-electron chi connectivity index (χ1n) is 6.36. The van der Waals surface area contributed by atoms with Crippen LogP contribution in [0, 0.1) is 0 Å². The van der Waals surface area contributed by atoms with Gasteiger partial charge in [0, 0.05) is 27.2 Å². The second-order valence-electron chi connectivity index (χ2n) is 4.65. The first-order chi connectivity index (χ1) is 8.29. The summed E-state index contributed by atoms with van der Waals surface area (Å²) in [7, 11) is 4.05. The highest BCUT2D eigenvalue weighted by atomic mass is 15.2. The standard InChI is InChI=1S/C13H22N4/c1-14-12-9-13(11-15-10-12)16(2)7-8-17-5-3-4-6-17/h9-11,14H,3-8H2,1-2H3. The van der Waals surface area contributed by atoms with Crippen LogP contribution in [0.25, 0.3) is 0 Å². The van der Waals surface area contributed by atoms with Crippen molar-refractivity contribution in [3.63, 3.8) is 0 Å². The lowest BCUT2D eigenvalue weighted by atomic mass is 10.3. The molecule has 0 bridgehead atoms. The maximum atomic E-state index is 4.24. The molecule has 1 aromatic heterocycles. The Kier molecular flexibility index (Phi) is 4.20. The molecule has 0 amide bonds. The number of pyridine rings is 1. The molecule has 94 valence electrons. The Balaban J connectivity index is 1.87. The Labute approximate surface area is 104 Å². The Hall–Kier alpha value is -1.29. The van der Waals surface area contributed by atoms with E-state index < -0.39 is 0 Å². The molecule has 0 saturated carbocycles. The Morgan fingerprint density at radius 1 is 1.35 bits per heavy atom. The highest BCUT2D eigenvalue weighted by molar-refractivity contribution is 5.54. The third-order valence-corrected chi connectivity index (χ3v) is 3.40. The molecule has 0 aromatic carbocycles. The van der Waals surface area contributed by atoms with Crippen LogP contribution in [0.4, 0.5) is 11.4 Å². The largest absolute Gasteiger partial charge is 0.387 e. The van der Waals surface area contributed by atoms with E-state index in [0.717, 1.165) is 18.8 Å². The molecule has 0 aliphatic carbocycles. The number of hydrogen-bond donors (Lipinski definition) is 1. The Bertz CT molecular complexity index is 347. The summed E-state index contributed by atoms with van der Waals surface area (Å²) < 4.78 is 0. The number of nitrogens with zero attached hydrogens (tertiary/aromatic N) is 3. The van der Waals surface area contributed by atoms with Crippen molar-refractivity contribution >= 4 is 11.4 Å². The fraction of sp³-hybridized carbons (Fsp3) is 0.615. The number of aromatic nitrogens is 1. The van der Waals surface area contributed by atoms with Gasteiger partial charge in [0.05, 0.1) is 23.8 Å². The molecule has 0 spiro atoms. The van der Waals surface area contributed by atoms with Gasteiger partial charge in [-0.1, -0.05) is 0 Å². The molecule has 0 unspecified atom stereocenters. The smallest absolute Gasteiger partial charge is 0.0571 e. The lowest BCUT2D eigenvalue weighted by molar-refractivity contribution is 0.346. The van der Waals surface area contributed by atoms with Crippen LogP contribution in [0.2, 0.25) is 0 Å². The van der Waals surface area contributed by atoms with Gasteiger partial charge >= 0.3 is 0 Å². The molecule has 2 heterocycles. The number of anilines is 2. The third-order valence-electron chi connectivity index (χ3n) is 3.40. The van der Waals surface area contributed by atoms with Gasteiger partial charge in [-0.15, -0.1) is 0 Å². The van der Waals surface area contributed by atoms with Gasteiger partial charge in [0.15, 0.2) is 0 Å². The van der Waals surface area contributed by atoms with Crippen molar-refractivity contribution < 1.29 is 0 Å². The normalized spacial score (nSPS) is 16.1.